The Morgan fingerprint density at radius 1 is 1.17 bits per heavy atom. The molecule has 4 nitrogen and oxygen atoms in total. The zero-order valence-electron chi connectivity index (χ0n) is 14.2. The lowest BCUT2D eigenvalue weighted by atomic mass is 9.94. The van der Waals surface area contributed by atoms with E-state index in [0.29, 0.717) is 17.9 Å². The van der Waals surface area contributed by atoms with Crippen molar-refractivity contribution in [3.63, 3.8) is 0 Å². The van der Waals surface area contributed by atoms with E-state index < -0.39 is 0 Å². The van der Waals surface area contributed by atoms with E-state index in [1.54, 1.807) is 0 Å². The lowest BCUT2D eigenvalue weighted by Gasteiger charge is -2.34. The lowest BCUT2D eigenvalue weighted by molar-refractivity contribution is -0.133. The Kier molecular flexibility index (Phi) is 4.31. The first kappa shape index (κ1) is 16.4. The van der Waals surface area contributed by atoms with Crippen molar-refractivity contribution in [2.75, 3.05) is 39.4 Å². The van der Waals surface area contributed by atoms with Crippen molar-refractivity contribution in [3.8, 4) is 0 Å². The average molecular weight is 349 g/mol. The van der Waals surface area contributed by atoms with Crippen molar-refractivity contribution in [2.45, 2.75) is 31.2 Å². The van der Waals surface area contributed by atoms with E-state index in [4.69, 9.17) is 16.3 Å². The number of hydrogen-bond donors (Lipinski definition) is 0. The highest BCUT2D eigenvalue weighted by atomic mass is 35.5. The monoisotopic (exact) mass is 348 g/mol. The van der Waals surface area contributed by atoms with Gasteiger partial charge in [0.15, 0.2) is 0 Å². The number of benzene rings is 1. The molecule has 1 amide bonds. The van der Waals surface area contributed by atoms with Crippen LogP contribution in [0.2, 0.25) is 5.02 Å². The van der Waals surface area contributed by atoms with Crippen LogP contribution >= 0.6 is 11.6 Å². The van der Waals surface area contributed by atoms with E-state index in [2.05, 4.69) is 16.7 Å². The Morgan fingerprint density at radius 3 is 2.46 bits per heavy atom. The quantitative estimate of drug-likeness (QED) is 0.841. The largest absolute Gasteiger partial charge is 0.379 e. The Hall–Kier alpha value is -1.10. The molecule has 24 heavy (non-hydrogen) atoms. The highest BCUT2D eigenvalue weighted by molar-refractivity contribution is 6.30. The fourth-order valence-electron chi connectivity index (χ4n) is 4.32. The Labute approximate surface area is 148 Å². The van der Waals surface area contributed by atoms with E-state index in [0.717, 1.165) is 62.8 Å². The summed E-state index contributed by atoms with van der Waals surface area (Å²) < 4.78 is 5.47. The summed E-state index contributed by atoms with van der Waals surface area (Å²) in [6.07, 6.45) is 1.92. The Bertz CT molecular complexity index is 608. The van der Waals surface area contributed by atoms with Crippen LogP contribution in [-0.4, -0.2) is 61.1 Å². The fraction of sp³-hybridized carbons (Fsp3) is 0.632. The number of rotatable bonds is 3. The molecule has 5 heteroatoms. The second-order valence-corrected chi connectivity index (χ2v) is 7.93. The van der Waals surface area contributed by atoms with Gasteiger partial charge in [-0.3, -0.25) is 9.69 Å². The number of morpholine rings is 1. The van der Waals surface area contributed by atoms with E-state index >= 15 is 0 Å². The molecule has 0 radical (unpaired) electrons. The van der Waals surface area contributed by atoms with Gasteiger partial charge in [0.2, 0.25) is 5.91 Å². The Morgan fingerprint density at radius 2 is 1.83 bits per heavy atom. The van der Waals surface area contributed by atoms with Crippen molar-refractivity contribution in [1.29, 1.82) is 0 Å². The van der Waals surface area contributed by atoms with Crippen LogP contribution in [0.25, 0.3) is 0 Å². The number of carbonyl (C=O) groups excluding carboxylic acids is 1. The van der Waals surface area contributed by atoms with E-state index in [-0.39, 0.29) is 5.41 Å². The number of hydrogen-bond acceptors (Lipinski definition) is 3. The molecule has 1 aromatic rings. The molecule has 0 spiro atoms. The zero-order chi connectivity index (χ0) is 16.7. The molecule has 0 aromatic heterocycles. The normalized spacial score (nSPS) is 29.7. The van der Waals surface area contributed by atoms with Crippen molar-refractivity contribution in [3.05, 3.63) is 34.9 Å². The topological polar surface area (TPSA) is 32.8 Å². The number of amides is 1. The molecule has 2 heterocycles. The van der Waals surface area contributed by atoms with Crippen LogP contribution in [0.15, 0.2) is 24.3 Å². The fourth-order valence-corrected chi connectivity index (χ4v) is 4.45. The number of carbonyl (C=O) groups is 1. The maximum absolute atomic E-state index is 13.2. The molecule has 0 N–H and O–H groups in total. The molecular formula is C19H25ClN2O2. The van der Waals surface area contributed by atoms with E-state index in [9.17, 15) is 4.79 Å². The minimum absolute atomic E-state index is 0.287. The van der Waals surface area contributed by atoms with Gasteiger partial charge in [-0.05, 0) is 36.5 Å². The average Bonchev–Trinajstić information content (AvgIpc) is 3.32. The molecule has 1 saturated carbocycles. The standard InChI is InChI=1S/C19H25ClN2O2/c1-14-12-22(13-17(14)21-8-10-24-11-9-21)18(23)19(6-7-19)15-2-4-16(20)5-3-15/h2-5,14,17H,6-13H2,1H3/t14-,17-/m0/s1. The smallest absolute Gasteiger partial charge is 0.233 e. The number of halogens is 1. The van der Waals surface area contributed by atoms with Crippen LogP contribution in [0, 0.1) is 5.92 Å². The van der Waals surface area contributed by atoms with Gasteiger partial charge in [0.25, 0.3) is 0 Å². The van der Waals surface area contributed by atoms with Gasteiger partial charge in [-0.1, -0.05) is 30.7 Å². The first-order valence-electron chi connectivity index (χ1n) is 8.97. The van der Waals surface area contributed by atoms with Crippen molar-refractivity contribution in [1.82, 2.24) is 9.80 Å². The van der Waals surface area contributed by atoms with Gasteiger partial charge in [-0.15, -0.1) is 0 Å². The second kappa shape index (κ2) is 6.32. The van der Waals surface area contributed by atoms with Gasteiger partial charge in [0, 0.05) is 37.2 Å². The maximum atomic E-state index is 13.2. The SMILES string of the molecule is C[C@H]1CN(C(=O)C2(c3ccc(Cl)cc3)CC2)C[C@@H]1N1CCOCC1. The van der Waals surface area contributed by atoms with E-state index in [1.165, 1.54) is 0 Å². The van der Waals surface area contributed by atoms with Crippen molar-refractivity contribution < 1.29 is 9.53 Å². The van der Waals surface area contributed by atoms with Crippen molar-refractivity contribution in [2.24, 2.45) is 5.92 Å². The molecule has 0 bridgehead atoms. The molecule has 2 aliphatic heterocycles. The molecule has 1 aliphatic carbocycles. The summed E-state index contributed by atoms with van der Waals surface area (Å²) in [6.45, 7) is 7.59. The van der Waals surface area contributed by atoms with Crippen LogP contribution < -0.4 is 0 Å². The highest BCUT2D eigenvalue weighted by Gasteiger charge is 2.54. The van der Waals surface area contributed by atoms with Gasteiger partial charge in [-0.25, -0.2) is 0 Å². The molecule has 130 valence electrons. The molecule has 3 aliphatic rings. The van der Waals surface area contributed by atoms with Crippen LogP contribution in [0.3, 0.4) is 0 Å². The predicted molar refractivity (Wildman–Crippen MR) is 94.3 cm³/mol. The maximum Gasteiger partial charge on any atom is 0.233 e. The molecule has 4 rings (SSSR count). The Balaban J connectivity index is 1.48. The van der Waals surface area contributed by atoms with Crippen LogP contribution in [0.5, 0.6) is 0 Å². The third kappa shape index (κ3) is 2.85. The molecule has 1 aromatic carbocycles. The molecule has 3 fully saturated rings. The second-order valence-electron chi connectivity index (χ2n) is 7.49. The molecular weight excluding hydrogens is 324 g/mol. The minimum Gasteiger partial charge on any atom is -0.379 e. The first-order chi connectivity index (χ1) is 11.6. The van der Waals surface area contributed by atoms with Gasteiger partial charge >= 0.3 is 0 Å². The summed E-state index contributed by atoms with van der Waals surface area (Å²) in [5.74, 6) is 0.834. The summed E-state index contributed by atoms with van der Waals surface area (Å²) in [4.78, 5) is 17.8. The van der Waals surface area contributed by atoms with Crippen molar-refractivity contribution >= 4 is 17.5 Å². The van der Waals surface area contributed by atoms with Gasteiger partial charge in [0.1, 0.15) is 0 Å². The first-order valence-corrected chi connectivity index (χ1v) is 9.35. The number of likely N-dealkylation sites (tertiary alicyclic amines) is 1. The lowest BCUT2D eigenvalue weighted by Crippen LogP contribution is -2.47. The summed E-state index contributed by atoms with van der Waals surface area (Å²) in [7, 11) is 0. The minimum atomic E-state index is -0.287. The summed E-state index contributed by atoms with van der Waals surface area (Å²) in [5.41, 5.74) is 0.837. The molecule has 2 atom stereocenters. The number of ether oxygens (including phenoxy) is 1. The third-order valence-corrected chi connectivity index (χ3v) is 6.18. The van der Waals surface area contributed by atoms with E-state index in [1.807, 2.05) is 24.3 Å². The molecule has 2 saturated heterocycles. The molecule has 0 unspecified atom stereocenters. The van der Waals surface area contributed by atoms with Crippen LogP contribution in [0.1, 0.15) is 25.3 Å². The summed E-state index contributed by atoms with van der Waals surface area (Å²) in [5, 5.41) is 0.726. The summed E-state index contributed by atoms with van der Waals surface area (Å²) in [6, 6.07) is 8.30. The number of nitrogens with zero attached hydrogens (tertiary/aromatic N) is 2. The van der Waals surface area contributed by atoms with Gasteiger partial charge < -0.3 is 9.64 Å². The van der Waals surface area contributed by atoms with Crippen LogP contribution in [0.4, 0.5) is 0 Å². The van der Waals surface area contributed by atoms with Crippen LogP contribution in [-0.2, 0) is 14.9 Å². The summed E-state index contributed by atoms with van der Waals surface area (Å²) >= 11 is 6.00. The van der Waals surface area contributed by atoms with Gasteiger partial charge in [-0.2, -0.15) is 0 Å². The zero-order valence-corrected chi connectivity index (χ0v) is 15.0. The van der Waals surface area contributed by atoms with Gasteiger partial charge in [0.05, 0.1) is 18.6 Å². The predicted octanol–water partition coefficient (Wildman–Crippen LogP) is 2.55. The third-order valence-electron chi connectivity index (χ3n) is 5.93. The highest BCUT2D eigenvalue weighted by Crippen LogP contribution is 2.50.